The lowest BCUT2D eigenvalue weighted by molar-refractivity contribution is 0.102. The molecule has 0 fully saturated rings. The number of hydrogen-bond donors (Lipinski definition) is 1. The maximum Gasteiger partial charge on any atom is 0.258 e. The van der Waals surface area contributed by atoms with Gasteiger partial charge in [-0.2, -0.15) is 0 Å². The Balaban J connectivity index is 1.97. The predicted octanol–water partition coefficient (Wildman–Crippen LogP) is 5.36. The van der Waals surface area contributed by atoms with E-state index in [0.717, 1.165) is 0 Å². The van der Waals surface area contributed by atoms with Crippen molar-refractivity contribution in [2.24, 2.45) is 0 Å². The molecule has 0 saturated carbocycles. The average molecular weight is 405 g/mol. The second-order valence-electron chi connectivity index (χ2n) is 6.09. The lowest BCUT2D eigenvalue weighted by atomic mass is 10.0. The van der Waals surface area contributed by atoms with Gasteiger partial charge >= 0.3 is 0 Å². The van der Waals surface area contributed by atoms with Gasteiger partial charge in [0.05, 0.1) is 11.3 Å². The zero-order chi connectivity index (χ0) is 19.6. The maximum absolute atomic E-state index is 14.3. The summed E-state index contributed by atoms with van der Waals surface area (Å²) >= 11 is 12.1. The van der Waals surface area contributed by atoms with Crippen molar-refractivity contribution < 1.29 is 9.18 Å². The van der Waals surface area contributed by atoms with Crippen LogP contribution in [0.5, 0.6) is 0 Å². The van der Waals surface area contributed by atoms with Crippen molar-refractivity contribution in [3.63, 3.8) is 0 Å². The topological polar surface area (TPSA) is 67.8 Å². The molecule has 0 spiro atoms. The Hall–Kier alpha value is -2.57. The lowest BCUT2D eigenvalue weighted by Gasteiger charge is -2.13. The van der Waals surface area contributed by atoms with Crippen molar-refractivity contribution in [1.82, 2.24) is 15.0 Å². The van der Waals surface area contributed by atoms with Crippen molar-refractivity contribution in [2.45, 2.75) is 19.8 Å². The number of pyridine rings is 1. The summed E-state index contributed by atoms with van der Waals surface area (Å²) in [6, 6.07) is 5.69. The molecule has 2 heterocycles. The van der Waals surface area contributed by atoms with Crippen LogP contribution in [0.15, 0.2) is 42.9 Å². The van der Waals surface area contributed by atoms with E-state index in [-0.39, 0.29) is 27.9 Å². The van der Waals surface area contributed by atoms with Crippen LogP contribution >= 0.6 is 23.2 Å². The molecule has 2 aromatic heterocycles. The first kappa shape index (κ1) is 19.2. The molecule has 0 bridgehead atoms. The van der Waals surface area contributed by atoms with E-state index in [9.17, 15) is 9.18 Å². The molecule has 3 rings (SSSR count). The highest BCUT2D eigenvalue weighted by atomic mass is 35.5. The van der Waals surface area contributed by atoms with E-state index in [1.807, 2.05) is 13.8 Å². The zero-order valence-corrected chi connectivity index (χ0v) is 16.0. The van der Waals surface area contributed by atoms with Crippen LogP contribution in [-0.2, 0) is 0 Å². The zero-order valence-electron chi connectivity index (χ0n) is 14.5. The Kier molecular flexibility index (Phi) is 5.68. The summed E-state index contributed by atoms with van der Waals surface area (Å²) in [5.41, 5.74) is 0.992. The summed E-state index contributed by atoms with van der Waals surface area (Å²) in [5.74, 6) is -0.203. The van der Waals surface area contributed by atoms with Crippen molar-refractivity contribution >= 4 is 34.8 Å². The van der Waals surface area contributed by atoms with Crippen molar-refractivity contribution in [3.8, 4) is 11.1 Å². The highest BCUT2D eigenvalue weighted by molar-refractivity contribution is 6.33. The molecule has 138 valence electrons. The first-order chi connectivity index (χ1) is 12.9. The molecule has 1 N–H and O–H groups in total. The van der Waals surface area contributed by atoms with E-state index >= 15 is 0 Å². The average Bonchev–Trinajstić information content (AvgIpc) is 2.65. The minimum Gasteiger partial charge on any atom is -0.319 e. The first-order valence-electron chi connectivity index (χ1n) is 8.10. The molecule has 0 unspecified atom stereocenters. The molecule has 1 aromatic carbocycles. The molecule has 8 heteroatoms. The number of nitrogens with zero attached hydrogens (tertiary/aromatic N) is 3. The molecule has 0 saturated heterocycles. The Labute approximate surface area is 165 Å². The Bertz CT molecular complexity index is 993. The van der Waals surface area contributed by atoms with E-state index in [0.29, 0.717) is 16.4 Å². The van der Waals surface area contributed by atoms with E-state index in [1.54, 1.807) is 6.07 Å². The second-order valence-corrected chi connectivity index (χ2v) is 6.88. The number of carbonyl (C=O) groups excluding carboxylic acids is 1. The lowest BCUT2D eigenvalue weighted by Crippen LogP contribution is -2.15. The summed E-state index contributed by atoms with van der Waals surface area (Å²) in [7, 11) is 0. The summed E-state index contributed by atoms with van der Waals surface area (Å²) < 4.78 is 14.3. The molecular weight excluding hydrogens is 390 g/mol. The number of nitrogens with one attached hydrogen (secondary N) is 1. The van der Waals surface area contributed by atoms with Crippen LogP contribution in [0.1, 0.15) is 35.9 Å². The minimum absolute atomic E-state index is 0.0277. The number of rotatable bonds is 4. The van der Waals surface area contributed by atoms with E-state index in [2.05, 4.69) is 20.3 Å². The van der Waals surface area contributed by atoms with Crippen molar-refractivity contribution in [3.05, 3.63) is 70.2 Å². The van der Waals surface area contributed by atoms with Gasteiger partial charge in [-0.3, -0.25) is 4.79 Å². The fourth-order valence-electron chi connectivity index (χ4n) is 2.42. The normalized spacial score (nSPS) is 10.9. The van der Waals surface area contributed by atoms with Crippen LogP contribution in [0.25, 0.3) is 11.1 Å². The molecule has 5 nitrogen and oxygen atoms in total. The minimum atomic E-state index is -0.498. The Morgan fingerprint density at radius 2 is 1.78 bits per heavy atom. The molecule has 27 heavy (non-hydrogen) atoms. The van der Waals surface area contributed by atoms with Gasteiger partial charge in [-0.05, 0) is 24.3 Å². The van der Waals surface area contributed by atoms with Gasteiger partial charge in [0.1, 0.15) is 11.6 Å². The molecule has 0 atom stereocenters. The number of anilines is 1. The standard InChI is InChI=1S/C19H15Cl2FN4O/c1-10(2)18-24-8-11(9-25-18)19(27)26-16-13(5-6-23-17(16)21)14-7-12(20)3-4-15(14)22/h3-10H,1-2H3,(H,26,27). The third kappa shape index (κ3) is 4.23. The molecule has 0 aliphatic carbocycles. The molecular formula is C19H15Cl2FN4O. The number of carbonyl (C=O) groups is 1. The fourth-order valence-corrected chi connectivity index (χ4v) is 2.80. The summed E-state index contributed by atoms with van der Waals surface area (Å²) in [6.45, 7) is 3.91. The number of aromatic nitrogens is 3. The van der Waals surface area contributed by atoms with Crippen LogP contribution in [0, 0.1) is 5.82 Å². The molecule has 0 aliphatic rings. The van der Waals surface area contributed by atoms with Gasteiger partial charge in [0.15, 0.2) is 5.15 Å². The largest absolute Gasteiger partial charge is 0.319 e. The first-order valence-corrected chi connectivity index (χ1v) is 8.85. The SMILES string of the molecule is CC(C)c1ncc(C(=O)Nc2c(-c3cc(Cl)ccc3F)ccnc2Cl)cn1. The quantitative estimate of drug-likeness (QED) is 0.594. The van der Waals surface area contributed by atoms with Gasteiger partial charge in [0, 0.05) is 40.7 Å². The maximum atomic E-state index is 14.3. The van der Waals surface area contributed by atoms with Crippen LogP contribution in [0.4, 0.5) is 10.1 Å². The smallest absolute Gasteiger partial charge is 0.258 e. The molecule has 0 aliphatic heterocycles. The van der Waals surface area contributed by atoms with Crippen LogP contribution in [-0.4, -0.2) is 20.9 Å². The Morgan fingerprint density at radius 3 is 2.44 bits per heavy atom. The number of halogens is 3. The summed E-state index contributed by atoms with van der Waals surface area (Å²) in [6.07, 6.45) is 4.29. The highest BCUT2D eigenvalue weighted by Crippen LogP contribution is 2.35. The van der Waals surface area contributed by atoms with E-state index in [4.69, 9.17) is 23.2 Å². The number of amides is 1. The summed E-state index contributed by atoms with van der Waals surface area (Å²) in [5, 5.41) is 3.05. The van der Waals surface area contributed by atoms with Gasteiger partial charge < -0.3 is 5.32 Å². The van der Waals surface area contributed by atoms with Gasteiger partial charge in [-0.25, -0.2) is 19.3 Å². The Morgan fingerprint density at radius 1 is 1.07 bits per heavy atom. The van der Waals surface area contributed by atoms with Gasteiger partial charge in [-0.1, -0.05) is 37.0 Å². The van der Waals surface area contributed by atoms with Gasteiger partial charge in [0.2, 0.25) is 0 Å². The van der Waals surface area contributed by atoms with Crippen LogP contribution in [0.3, 0.4) is 0 Å². The van der Waals surface area contributed by atoms with Crippen molar-refractivity contribution in [2.75, 3.05) is 5.32 Å². The van der Waals surface area contributed by atoms with Crippen LogP contribution < -0.4 is 5.32 Å². The molecule has 0 radical (unpaired) electrons. The van der Waals surface area contributed by atoms with E-state index in [1.165, 1.54) is 36.8 Å². The van der Waals surface area contributed by atoms with Gasteiger partial charge in [0.25, 0.3) is 5.91 Å². The van der Waals surface area contributed by atoms with Crippen molar-refractivity contribution in [1.29, 1.82) is 0 Å². The third-order valence-corrected chi connectivity index (χ3v) is 4.33. The predicted molar refractivity (Wildman–Crippen MR) is 104 cm³/mol. The second kappa shape index (κ2) is 7.98. The number of benzene rings is 1. The fraction of sp³-hybridized carbons (Fsp3) is 0.158. The monoisotopic (exact) mass is 404 g/mol. The highest BCUT2D eigenvalue weighted by Gasteiger charge is 2.18. The van der Waals surface area contributed by atoms with E-state index < -0.39 is 11.7 Å². The van der Waals surface area contributed by atoms with Gasteiger partial charge in [-0.15, -0.1) is 0 Å². The molecule has 1 amide bonds. The summed E-state index contributed by atoms with van der Waals surface area (Å²) in [4.78, 5) is 24.9. The third-order valence-electron chi connectivity index (χ3n) is 3.81. The molecule has 3 aromatic rings. The number of hydrogen-bond acceptors (Lipinski definition) is 4. The van der Waals surface area contributed by atoms with Crippen LogP contribution in [0.2, 0.25) is 10.2 Å².